The van der Waals surface area contributed by atoms with Crippen molar-refractivity contribution in [1.29, 1.82) is 0 Å². The lowest BCUT2D eigenvalue weighted by Gasteiger charge is -2.15. The highest BCUT2D eigenvalue weighted by Crippen LogP contribution is 2.16. The summed E-state index contributed by atoms with van der Waals surface area (Å²) in [5, 5.41) is 5.53. The number of nitrogens with zero attached hydrogens (tertiary/aromatic N) is 1. The Bertz CT molecular complexity index is 782. The number of hydrogen-bond donors (Lipinski definition) is 2. The molecule has 1 aliphatic heterocycles. The maximum Gasteiger partial charge on any atom is 0.251 e. The second kappa shape index (κ2) is 8.63. The van der Waals surface area contributed by atoms with Crippen LogP contribution in [0.1, 0.15) is 34.3 Å². The summed E-state index contributed by atoms with van der Waals surface area (Å²) in [7, 11) is 0. The second-order valence-electron chi connectivity index (χ2n) is 6.73. The summed E-state index contributed by atoms with van der Waals surface area (Å²) in [5.41, 5.74) is 3.43. The van der Waals surface area contributed by atoms with Gasteiger partial charge >= 0.3 is 0 Å². The van der Waals surface area contributed by atoms with Crippen molar-refractivity contribution in [1.82, 2.24) is 10.2 Å². The monoisotopic (exact) mass is 351 g/mol. The number of likely N-dealkylation sites (tertiary alicyclic amines) is 1. The van der Waals surface area contributed by atoms with Gasteiger partial charge in [0.1, 0.15) is 0 Å². The Morgan fingerprint density at radius 2 is 1.81 bits per heavy atom. The highest BCUT2D eigenvalue weighted by Gasteiger charge is 2.13. The van der Waals surface area contributed by atoms with Crippen molar-refractivity contribution in [2.45, 2.75) is 26.3 Å². The number of carbonyl (C=O) groups is 2. The Morgan fingerprint density at radius 1 is 1.04 bits per heavy atom. The highest BCUT2D eigenvalue weighted by molar-refractivity contribution is 6.00. The van der Waals surface area contributed by atoms with Gasteiger partial charge in [0.15, 0.2) is 0 Å². The third-order valence-corrected chi connectivity index (χ3v) is 4.61. The van der Waals surface area contributed by atoms with E-state index in [-0.39, 0.29) is 18.4 Å². The first kappa shape index (κ1) is 18.1. The zero-order chi connectivity index (χ0) is 18.4. The smallest absolute Gasteiger partial charge is 0.251 e. The number of rotatable bonds is 6. The van der Waals surface area contributed by atoms with Gasteiger partial charge in [-0.3, -0.25) is 14.5 Å². The van der Waals surface area contributed by atoms with Crippen LogP contribution in [0.3, 0.4) is 0 Å². The summed E-state index contributed by atoms with van der Waals surface area (Å²) in [6, 6.07) is 15.2. The molecule has 1 fully saturated rings. The molecule has 5 heteroatoms. The Balaban J connectivity index is 1.51. The first-order valence-corrected chi connectivity index (χ1v) is 9.07. The average molecular weight is 351 g/mol. The van der Waals surface area contributed by atoms with Gasteiger partial charge in [0.25, 0.3) is 5.91 Å². The van der Waals surface area contributed by atoms with Crippen LogP contribution in [0.25, 0.3) is 0 Å². The molecule has 26 heavy (non-hydrogen) atoms. The lowest BCUT2D eigenvalue weighted by molar-refractivity contribution is -0.115. The number of hydrogen-bond acceptors (Lipinski definition) is 3. The van der Waals surface area contributed by atoms with Crippen molar-refractivity contribution >= 4 is 17.5 Å². The molecule has 0 aliphatic carbocycles. The molecule has 2 N–H and O–H groups in total. The van der Waals surface area contributed by atoms with E-state index < -0.39 is 0 Å². The number of nitrogens with one attached hydrogen (secondary N) is 2. The standard InChI is InChI=1S/C21H25N3O2/c1-16-7-2-3-10-19(16)21(26)22-14-20(25)23-18-9-6-8-17(13-18)15-24-11-4-5-12-24/h2-3,6-10,13H,4-5,11-12,14-15H2,1H3,(H,22,26)(H,23,25). The van der Waals surface area contributed by atoms with Crippen LogP contribution in [0.2, 0.25) is 0 Å². The Morgan fingerprint density at radius 3 is 2.58 bits per heavy atom. The van der Waals surface area contributed by atoms with Gasteiger partial charge in [-0.2, -0.15) is 0 Å². The third-order valence-electron chi connectivity index (χ3n) is 4.61. The highest BCUT2D eigenvalue weighted by atomic mass is 16.2. The minimum absolute atomic E-state index is 0.0521. The normalized spacial score (nSPS) is 14.2. The molecule has 2 aromatic rings. The number of carbonyl (C=O) groups excluding carboxylic acids is 2. The molecule has 0 bridgehead atoms. The molecule has 0 atom stereocenters. The Kier molecular flexibility index (Phi) is 6.02. The summed E-state index contributed by atoms with van der Waals surface area (Å²) in [6.45, 7) is 5.02. The van der Waals surface area contributed by atoms with Crippen LogP contribution in [-0.2, 0) is 11.3 Å². The fraction of sp³-hybridized carbons (Fsp3) is 0.333. The third kappa shape index (κ3) is 4.92. The van der Waals surface area contributed by atoms with E-state index in [1.165, 1.54) is 18.4 Å². The molecule has 0 spiro atoms. The predicted octanol–water partition coefficient (Wildman–Crippen LogP) is 2.96. The largest absolute Gasteiger partial charge is 0.343 e. The molecule has 3 rings (SSSR count). The molecule has 5 nitrogen and oxygen atoms in total. The molecule has 1 saturated heterocycles. The molecule has 0 unspecified atom stereocenters. The van der Waals surface area contributed by atoms with E-state index in [2.05, 4.69) is 21.6 Å². The zero-order valence-electron chi connectivity index (χ0n) is 15.1. The SMILES string of the molecule is Cc1ccccc1C(=O)NCC(=O)Nc1cccc(CN2CCCC2)c1. The van der Waals surface area contributed by atoms with Crippen LogP contribution in [0.15, 0.2) is 48.5 Å². The molecule has 0 radical (unpaired) electrons. The zero-order valence-corrected chi connectivity index (χ0v) is 15.1. The summed E-state index contributed by atoms with van der Waals surface area (Å²) in [6.07, 6.45) is 2.52. The fourth-order valence-electron chi connectivity index (χ4n) is 3.24. The summed E-state index contributed by atoms with van der Waals surface area (Å²) in [4.78, 5) is 26.7. The van der Waals surface area contributed by atoms with E-state index in [9.17, 15) is 9.59 Å². The van der Waals surface area contributed by atoms with Crippen molar-refractivity contribution in [3.8, 4) is 0 Å². The van der Waals surface area contributed by atoms with Crippen molar-refractivity contribution in [2.24, 2.45) is 0 Å². The maximum atomic E-state index is 12.2. The Labute approximate surface area is 154 Å². The van der Waals surface area contributed by atoms with E-state index in [4.69, 9.17) is 0 Å². The van der Waals surface area contributed by atoms with Crippen LogP contribution < -0.4 is 10.6 Å². The fourth-order valence-corrected chi connectivity index (χ4v) is 3.24. The lowest BCUT2D eigenvalue weighted by atomic mass is 10.1. The number of anilines is 1. The van der Waals surface area contributed by atoms with Crippen LogP contribution >= 0.6 is 0 Å². The van der Waals surface area contributed by atoms with Gasteiger partial charge in [0.2, 0.25) is 5.91 Å². The van der Waals surface area contributed by atoms with Gasteiger partial charge in [-0.1, -0.05) is 30.3 Å². The number of amides is 2. The maximum absolute atomic E-state index is 12.2. The van der Waals surface area contributed by atoms with Crippen LogP contribution in [0.5, 0.6) is 0 Å². The van der Waals surface area contributed by atoms with Crippen molar-refractivity contribution in [3.63, 3.8) is 0 Å². The summed E-state index contributed by atoms with van der Waals surface area (Å²) in [5.74, 6) is -0.466. The average Bonchev–Trinajstić information content (AvgIpc) is 3.13. The molecule has 1 heterocycles. The van der Waals surface area contributed by atoms with E-state index in [0.717, 1.165) is 30.9 Å². The first-order chi connectivity index (χ1) is 12.6. The lowest BCUT2D eigenvalue weighted by Crippen LogP contribution is -2.33. The number of benzene rings is 2. The molecular formula is C21H25N3O2. The first-order valence-electron chi connectivity index (χ1n) is 9.07. The minimum Gasteiger partial charge on any atom is -0.343 e. The Hall–Kier alpha value is -2.66. The van der Waals surface area contributed by atoms with E-state index in [1.54, 1.807) is 6.07 Å². The van der Waals surface area contributed by atoms with Crippen molar-refractivity contribution in [3.05, 3.63) is 65.2 Å². The van der Waals surface area contributed by atoms with Gasteiger partial charge < -0.3 is 10.6 Å². The molecule has 1 aliphatic rings. The molecule has 136 valence electrons. The van der Waals surface area contributed by atoms with Crippen LogP contribution in [0, 0.1) is 6.92 Å². The number of aryl methyl sites for hydroxylation is 1. The van der Waals surface area contributed by atoms with Gasteiger partial charge in [0.05, 0.1) is 6.54 Å². The van der Waals surface area contributed by atoms with Gasteiger partial charge in [0, 0.05) is 17.8 Å². The quantitative estimate of drug-likeness (QED) is 0.841. The van der Waals surface area contributed by atoms with E-state index in [0.29, 0.717) is 5.56 Å². The molecule has 2 amide bonds. The van der Waals surface area contributed by atoms with Crippen molar-refractivity contribution in [2.75, 3.05) is 25.0 Å². The molecular weight excluding hydrogens is 326 g/mol. The second-order valence-corrected chi connectivity index (χ2v) is 6.73. The van der Waals surface area contributed by atoms with Crippen LogP contribution in [0.4, 0.5) is 5.69 Å². The van der Waals surface area contributed by atoms with Crippen molar-refractivity contribution < 1.29 is 9.59 Å². The molecule has 0 aromatic heterocycles. The van der Waals surface area contributed by atoms with Gasteiger partial charge in [-0.25, -0.2) is 0 Å². The molecule has 0 saturated carbocycles. The minimum atomic E-state index is -0.235. The topological polar surface area (TPSA) is 61.4 Å². The van der Waals surface area contributed by atoms with E-state index >= 15 is 0 Å². The molecule has 2 aromatic carbocycles. The van der Waals surface area contributed by atoms with Gasteiger partial charge in [-0.15, -0.1) is 0 Å². The van der Waals surface area contributed by atoms with Gasteiger partial charge in [-0.05, 0) is 62.2 Å². The summed E-state index contributed by atoms with van der Waals surface area (Å²) >= 11 is 0. The van der Waals surface area contributed by atoms with Crippen LogP contribution in [-0.4, -0.2) is 36.3 Å². The summed E-state index contributed by atoms with van der Waals surface area (Å²) < 4.78 is 0. The predicted molar refractivity (Wildman–Crippen MR) is 103 cm³/mol. The van der Waals surface area contributed by atoms with E-state index in [1.807, 2.05) is 43.3 Å².